The third kappa shape index (κ3) is 6.09. The van der Waals surface area contributed by atoms with Crippen LogP contribution in [0.5, 0.6) is 5.75 Å². The summed E-state index contributed by atoms with van der Waals surface area (Å²) < 4.78 is 21.0. The van der Waals surface area contributed by atoms with Crippen molar-refractivity contribution in [3.63, 3.8) is 0 Å². The van der Waals surface area contributed by atoms with Gasteiger partial charge in [0.1, 0.15) is 11.9 Å². The van der Waals surface area contributed by atoms with Gasteiger partial charge in [0.2, 0.25) is 0 Å². The van der Waals surface area contributed by atoms with Crippen LogP contribution in [0, 0.1) is 5.41 Å². The maximum atomic E-state index is 15.7. The van der Waals surface area contributed by atoms with Gasteiger partial charge >= 0.3 is 5.97 Å². The Kier molecular flexibility index (Phi) is 8.89. The van der Waals surface area contributed by atoms with E-state index in [1.165, 1.54) is 31.9 Å². The zero-order chi connectivity index (χ0) is 24.8. The van der Waals surface area contributed by atoms with E-state index >= 15 is 4.39 Å². The molecule has 1 aromatic carbocycles. The molecule has 35 heavy (non-hydrogen) atoms. The Morgan fingerprint density at radius 1 is 1.31 bits per heavy atom. The highest BCUT2D eigenvalue weighted by Crippen LogP contribution is 2.41. The van der Waals surface area contributed by atoms with Gasteiger partial charge in [-0.15, -0.1) is 0 Å². The normalized spacial score (nSPS) is 19.7. The van der Waals surface area contributed by atoms with Crippen LogP contribution in [-0.4, -0.2) is 63.8 Å². The molecule has 0 radical (unpaired) electrons. The van der Waals surface area contributed by atoms with Crippen molar-refractivity contribution in [3.05, 3.63) is 35.5 Å². The molecule has 2 N–H and O–H groups in total. The maximum absolute atomic E-state index is 15.7. The SMILES string of the molecule is COc1ccc2ncc(CO)c(C(F)CCC3(C(=O)O)CCN(CCSC4CCCC4)CC3)c2c1. The summed E-state index contributed by atoms with van der Waals surface area (Å²) in [5.74, 6) is 0.858. The minimum Gasteiger partial charge on any atom is -0.497 e. The van der Waals surface area contributed by atoms with Gasteiger partial charge < -0.3 is 19.8 Å². The number of thioether (sulfide) groups is 1. The number of carboxylic acid groups (broad SMARTS) is 1. The number of aromatic nitrogens is 1. The van der Waals surface area contributed by atoms with E-state index in [0.717, 1.165) is 30.6 Å². The summed E-state index contributed by atoms with van der Waals surface area (Å²) in [5, 5.41) is 21.3. The minimum absolute atomic E-state index is 0.0904. The Bertz CT molecular complexity index is 1000. The van der Waals surface area contributed by atoms with Gasteiger partial charge in [-0.05, 0) is 69.8 Å². The van der Waals surface area contributed by atoms with E-state index in [0.29, 0.717) is 40.6 Å². The number of nitrogens with zero attached hydrogens (tertiary/aromatic N) is 2. The van der Waals surface area contributed by atoms with Gasteiger partial charge in [0, 0.05) is 40.3 Å². The highest BCUT2D eigenvalue weighted by molar-refractivity contribution is 7.99. The predicted molar refractivity (Wildman–Crippen MR) is 138 cm³/mol. The summed E-state index contributed by atoms with van der Waals surface area (Å²) in [5.41, 5.74) is 0.534. The number of hydrogen-bond donors (Lipinski definition) is 2. The minimum atomic E-state index is -1.40. The number of rotatable bonds is 11. The standard InChI is InChI=1S/C27H37FN2O4S/c1-34-20-6-7-24-22(16-20)25(19(18-31)17-29-24)23(28)8-9-27(26(32)33)10-12-30(13-11-27)14-15-35-21-4-2-3-5-21/h6-7,16-17,21,23,31H,2-5,8-15,18H2,1H3,(H,32,33). The third-order valence-electron chi connectivity index (χ3n) is 7.89. The number of fused-ring (bicyclic) bond motifs is 1. The number of carboxylic acids is 1. The molecule has 0 bridgehead atoms. The van der Waals surface area contributed by atoms with Crippen molar-refractivity contribution in [2.24, 2.45) is 5.41 Å². The van der Waals surface area contributed by atoms with E-state index in [9.17, 15) is 15.0 Å². The predicted octanol–water partition coefficient (Wildman–Crippen LogP) is 5.37. The number of aliphatic carboxylic acids is 1. The Morgan fingerprint density at radius 3 is 2.71 bits per heavy atom. The van der Waals surface area contributed by atoms with E-state index < -0.39 is 17.6 Å². The number of aliphatic hydroxyl groups excluding tert-OH is 1. The molecule has 2 aromatic rings. The average molecular weight is 505 g/mol. The van der Waals surface area contributed by atoms with Gasteiger partial charge in [-0.2, -0.15) is 11.8 Å². The van der Waals surface area contributed by atoms with Crippen LogP contribution < -0.4 is 4.74 Å². The maximum Gasteiger partial charge on any atom is 0.309 e. The van der Waals surface area contributed by atoms with Crippen LogP contribution in [0.4, 0.5) is 4.39 Å². The van der Waals surface area contributed by atoms with Crippen LogP contribution in [0.25, 0.3) is 10.9 Å². The first kappa shape index (κ1) is 26.2. The van der Waals surface area contributed by atoms with E-state index in [2.05, 4.69) is 21.6 Å². The summed E-state index contributed by atoms with van der Waals surface area (Å²) in [7, 11) is 1.55. The van der Waals surface area contributed by atoms with Crippen molar-refractivity contribution in [3.8, 4) is 5.75 Å². The molecule has 1 aliphatic heterocycles. The molecular weight excluding hydrogens is 467 g/mol. The molecular formula is C27H37FN2O4S. The molecule has 0 spiro atoms. The van der Waals surface area contributed by atoms with Crippen molar-refractivity contribution in [2.45, 2.75) is 69.4 Å². The van der Waals surface area contributed by atoms with Crippen molar-refractivity contribution >= 4 is 28.6 Å². The average Bonchev–Trinajstić information content (AvgIpc) is 3.40. The van der Waals surface area contributed by atoms with Gasteiger partial charge in [0.15, 0.2) is 0 Å². The molecule has 1 saturated heterocycles. The second-order valence-corrected chi connectivity index (χ2v) is 11.4. The first-order valence-corrected chi connectivity index (χ1v) is 13.8. The molecule has 1 atom stereocenters. The summed E-state index contributed by atoms with van der Waals surface area (Å²) >= 11 is 2.06. The number of alkyl halides is 1. The first-order valence-electron chi connectivity index (χ1n) is 12.7. The highest BCUT2D eigenvalue weighted by atomic mass is 32.2. The van der Waals surface area contributed by atoms with Crippen LogP contribution in [0.15, 0.2) is 24.4 Å². The first-order chi connectivity index (χ1) is 17.0. The number of piperidine rings is 1. The molecule has 2 fully saturated rings. The van der Waals surface area contributed by atoms with E-state index in [-0.39, 0.29) is 19.4 Å². The number of ether oxygens (including phenoxy) is 1. The molecule has 6 nitrogen and oxygen atoms in total. The molecule has 1 aliphatic carbocycles. The summed E-state index contributed by atoms with van der Waals surface area (Å²) in [6.07, 6.45) is 6.91. The van der Waals surface area contributed by atoms with Gasteiger partial charge in [0.05, 0.1) is 24.6 Å². The smallest absolute Gasteiger partial charge is 0.309 e. The Labute approximate surface area is 211 Å². The second-order valence-electron chi connectivity index (χ2n) is 9.95. The molecule has 4 rings (SSSR count). The fourth-order valence-corrected chi connectivity index (χ4v) is 6.95. The second kappa shape index (κ2) is 11.9. The van der Waals surface area contributed by atoms with E-state index in [4.69, 9.17) is 4.74 Å². The molecule has 192 valence electrons. The van der Waals surface area contributed by atoms with Crippen LogP contribution in [0.3, 0.4) is 0 Å². The zero-order valence-electron chi connectivity index (χ0n) is 20.5. The van der Waals surface area contributed by atoms with Crippen LogP contribution in [-0.2, 0) is 11.4 Å². The number of pyridine rings is 1. The molecule has 1 saturated carbocycles. The highest BCUT2D eigenvalue weighted by Gasteiger charge is 2.41. The summed E-state index contributed by atoms with van der Waals surface area (Å²) in [4.78, 5) is 19.0. The lowest BCUT2D eigenvalue weighted by Crippen LogP contribution is -2.45. The van der Waals surface area contributed by atoms with Crippen molar-refractivity contribution in [1.82, 2.24) is 9.88 Å². The number of benzene rings is 1. The van der Waals surface area contributed by atoms with Gasteiger partial charge in [-0.25, -0.2) is 4.39 Å². The summed E-state index contributed by atoms with van der Waals surface area (Å²) in [6.45, 7) is 2.15. The molecule has 0 amide bonds. The Balaban J connectivity index is 1.40. The van der Waals surface area contributed by atoms with Crippen LogP contribution in [0.2, 0.25) is 0 Å². The molecule has 1 unspecified atom stereocenters. The van der Waals surface area contributed by atoms with Crippen LogP contribution >= 0.6 is 11.8 Å². The topological polar surface area (TPSA) is 82.9 Å². The van der Waals surface area contributed by atoms with Gasteiger partial charge in [0.25, 0.3) is 0 Å². The molecule has 8 heteroatoms. The zero-order valence-corrected chi connectivity index (χ0v) is 21.4. The van der Waals surface area contributed by atoms with E-state index in [1.807, 2.05) is 0 Å². The quantitative estimate of drug-likeness (QED) is 0.426. The van der Waals surface area contributed by atoms with Crippen molar-refractivity contribution in [1.29, 1.82) is 0 Å². The van der Waals surface area contributed by atoms with Crippen molar-refractivity contribution < 1.29 is 24.1 Å². The Hall–Kier alpha value is -1.90. The van der Waals surface area contributed by atoms with Crippen LogP contribution in [0.1, 0.15) is 68.7 Å². The lowest BCUT2D eigenvalue weighted by Gasteiger charge is -2.39. The monoisotopic (exact) mass is 504 g/mol. The molecule has 1 aromatic heterocycles. The third-order valence-corrected chi connectivity index (χ3v) is 9.25. The lowest BCUT2D eigenvalue weighted by atomic mass is 9.74. The van der Waals surface area contributed by atoms with Gasteiger partial charge in [-0.1, -0.05) is 12.8 Å². The lowest BCUT2D eigenvalue weighted by molar-refractivity contribution is -0.153. The Morgan fingerprint density at radius 2 is 2.06 bits per heavy atom. The van der Waals surface area contributed by atoms with Gasteiger partial charge in [-0.3, -0.25) is 9.78 Å². The number of halogens is 1. The fourth-order valence-electron chi connectivity index (χ4n) is 5.58. The van der Waals surface area contributed by atoms with E-state index in [1.54, 1.807) is 25.3 Å². The fraction of sp³-hybridized carbons (Fsp3) is 0.630. The summed E-state index contributed by atoms with van der Waals surface area (Å²) in [6, 6.07) is 5.27. The van der Waals surface area contributed by atoms with Crippen molar-refractivity contribution in [2.75, 3.05) is 32.5 Å². The number of carbonyl (C=O) groups is 1. The number of hydrogen-bond acceptors (Lipinski definition) is 6. The number of aliphatic hydroxyl groups is 1. The molecule has 2 heterocycles. The number of methoxy groups -OCH3 is 1. The molecule has 2 aliphatic rings. The largest absolute Gasteiger partial charge is 0.497 e. The number of likely N-dealkylation sites (tertiary alicyclic amines) is 1.